The van der Waals surface area contributed by atoms with Gasteiger partial charge in [-0.2, -0.15) is 0 Å². The van der Waals surface area contributed by atoms with Crippen LogP contribution in [0.4, 0.5) is 5.69 Å². The van der Waals surface area contributed by atoms with Crippen LogP contribution in [0.5, 0.6) is 0 Å². The summed E-state index contributed by atoms with van der Waals surface area (Å²) in [6.45, 7) is 5.60. The lowest BCUT2D eigenvalue weighted by atomic mass is 10.1. The number of hydrogen-bond donors (Lipinski definition) is 1. The molecule has 4 heteroatoms. The summed E-state index contributed by atoms with van der Waals surface area (Å²) in [5.74, 6) is 0. The van der Waals surface area contributed by atoms with Gasteiger partial charge in [0.1, 0.15) is 0 Å². The van der Waals surface area contributed by atoms with Gasteiger partial charge < -0.3 is 10.0 Å². The van der Waals surface area contributed by atoms with Crippen LogP contribution in [0.25, 0.3) is 0 Å². The van der Waals surface area contributed by atoms with Gasteiger partial charge in [0.25, 0.3) is 0 Å². The summed E-state index contributed by atoms with van der Waals surface area (Å²) >= 11 is 6.15. The van der Waals surface area contributed by atoms with Gasteiger partial charge in [-0.25, -0.2) is 0 Å². The second kappa shape index (κ2) is 6.60. The van der Waals surface area contributed by atoms with E-state index in [1.165, 1.54) is 19.4 Å². The van der Waals surface area contributed by atoms with E-state index >= 15 is 0 Å². The second-order valence-electron chi connectivity index (χ2n) is 5.24. The van der Waals surface area contributed by atoms with Gasteiger partial charge >= 0.3 is 0 Å². The van der Waals surface area contributed by atoms with Crippen molar-refractivity contribution in [3.63, 3.8) is 0 Å². The minimum atomic E-state index is -0.00490. The largest absolute Gasteiger partial charge is 0.392 e. The lowest BCUT2D eigenvalue weighted by Gasteiger charge is -2.29. The summed E-state index contributed by atoms with van der Waals surface area (Å²) in [4.78, 5) is 4.80. The summed E-state index contributed by atoms with van der Waals surface area (Å²) in [5.41, 5.74) is 1.90. The van der Waals surface area contributed by atoms with Crippen LogP contribution in [-0.2, 0) is 6.61 Å². The van der Waals surface area contributed by atoms with Gasteiger partial charge in [-0.05, 0) is 43.6 Å². The summed E-state index contributed by atoms with van der Waals surface area (Å²) in [6.07, 6.45) is 2.58. The van der Waals surface area contributed by atoms with Crippen LogP contribution in [-0.4, -0.2) is 42.7 Å². The number of anilines is 1. The molecule has 1 fully saturated rings. The summed E-state index contributed by atoms with van der Waals surface area (Å²) < 4.78 is 0. The third-order valence-electron chi connectivity index (χ3n) is 4.04. The Bertz CT molecular complexity index is 425. The molecule has 0 bridgehead atoms. The Kier molecular flexibility index (Phi) is 5.08. The molecule has 0 amide bonds. The molecule has 1 saturated heterocycles. The van der Waals surface area contributed by atoms with Gasteiger partial charge in [0.05, 0.1) is 6.61 Å². The molecule has 1 aromatic rings. The van der Waals surface area contributed by atoms with Gasteiger partial charge in [0.15, 0.2) is 0 Å². The van der Waals surface area contributed by atoms with Crippen LogP contribution < -0.4 is 4.90 Å². The lowest BCUT2D eigenvalue weighted by molar-refractivity contribution is 0.270. The molecule has 0 aromatic heterocycles. The van der Waals surface area contributed by atoms with Crippen molar-refractivity contribution in [3.05, 3.63) is 28.8 Å². The number of likely N-dealkylation sites (tertiary alicyclic amines) is 1. The third-order valence-corrected chi connectivity index (χ3v) is 4.39. The fourth-order valence-corrected chi connectivity index (χ4v) is 3.08. The average molecular weight is 283 g/mol. The van der Waals surface area contributed by atoms with E-state index in [-0.39, 0.29) is 6.61 Å². The smallest absolute Gasteiger partial charge is 0.0696 e. The topological polar surface area (TPSA) is 26.7 Å². The van der Waals surface area contributed by atoms with Crippen LogP contribution in [0, 0.1) is 0 Å². The van der Waals surface area contributed by atoms with Crippen LogP contribution >= 0.6 is 11.6 Å². The number of rotatable bonds is 5. The fraction of sp³-hybridized carbons (Fsp3) is 0.600. The average Bonchev–Trinajstić information content (AvgIpc) is 2.85. The zero-order valence-electron chi connectivity index (χ0n) is 11.8. The third kappa shape index (κ3) is 3.41. The van der Waals surface area contributed by atoms with Crippen molar-refractivity contribution >= 4 is 17.3 Å². The van der Waals surface area contributed by atoms with E-state index in [1.54, 1.807) is 0 Å². The molecule has 1 unspecified atom stereocenters. The molecule has 1 N–H and O–H groups in total. The van der Waals surface area contributed by atoms with Crippen LogP contribution in [0.15, 0.2) is 18.2 Å². The van der Waals surface area contributed by atoms with Crippen LogP contribution in [0.2, 0.25) is 5.02 Å². The quantitative estimate of drug-likeness (QED) is 0.900. The molecule has 1 atom stereocenters. The first-order chi connectivity index (χ1) is 9.15. The Hall–Kier alpha value is -0.770. The zero-order chi connectivity index (χ0) is 13.8. The standard InChI is InChI=1S/C15H23ClN2O/c1-3-18-8-4-5-14(18)10-17(2)13-7-6-12(11-19)15(16)9-13/h6-7,9,14,19H,3-5,8,10-11H2,1-2H3. The number of nitrogens with zero attached hydrogens (tertiary/aromatic N) is 2. The van der Waals surface area contributed by atoms with Gasteiger partial charge in [-0.15, -0.1) is 0 Å². The van der Waals surface area contributed by atoms with Crippen molar-refractivity contribution in [2.45, 2.75) is 32.4 Å². The first kappa shape index (κ1) is 14.6. The summed E-state index contributed by atoms with van der Waals surface area (Å²) in [5, 5.41) is 9.78. The number of likely N-dealkylation sites (N-methyl/N-ethyl adjacent to an activating group) is 2. The first-order valence-electron chi connectivity index (χ1n) is 7.00. The molecule has 1 heterocycles. The van der Waals surface area contributed by atoms with Gasteiger partial charge in [0, 0.05) is 30.3 Å². The molecule has 0 spiro atoms. The lowest BCUT2D eigenvalue weighted by Crippen LogP contribution is -2.38. The minimum Gasteiger partial charge on any atom is -0.392 e. The Morgan fingerprint density at radius 2 is 2.26 bits per heavy atom. The maximum Gasteiger partial charge on any atom is 0.0696 e. The Balaban J connectivity index is 2.03. The highest BCUT2D eigenvalue weighted by atomic mass is 35.5. The number of aliphatic hydroxyl groups excluding tert-OH is 1. The predicted octanol–water partition coefficient (Wildman–Crippen LogP) is 2.75. The molecule has 19 heavy (non-hydrogen) atoms. The van der Waals surface area contributed by atoms with Crippen LogP contribution in [0.1, 0.15) is 25.3 Å². The molecular weight excluding hydrogens is 260 g/mol. The number of benzene rings is 1. The van der Waals surface area contributed by atoms with E-state index in [0.29, 0.717) is 11.1 Å². The van der Waals surface area contributed by atoms with E-state index in [1.807, 2.05) is 18.2 Å². The second-order valence-corrected chi connectivity index (χ2v) is 5.65. The zero-order valence-corrected chi connectivity index (χ0v) is 12.5. The maximum atomic E-state index is 9.14. The molecule has 0 saturated carbocycles. The Labute approximate surface area is 120 Å². The maximum absolute atomic E-state index is 9.14. The van der Waals surface area contributed by atoms with Crippen molar-refractivity contribution in [1.82, 2.24) is 4.90 Å². The Morgan fingerprint density at radius 1 is 1.47 bits per heavy atom. The van der Waals surface area contributed by atoms with Crippen LogP contribution in [0.3, 0.4) is 0 Å². The number of hydrogen-bond acceptors (Lipinski definition) is 3. The fourth-order valence-electron chi connectivity index (χ4n) is 2.84. The highest BCUT2D eigenvalue weighted by Crippen LogP contribution is 2.25. The monoisotopic (exact) mass is 282 g/mol. The predicted molar refractivity (Wildman–Crippen MR) is 80.9 cm³/mol. The van der Waals surface area contributed by atoms with Gasteiger partial charge in [-0.1, -0.05) is 24.6 Å². The highest BCUT2D eigenvalue weighted by Gasteiger charge is 2.24. The van der Waals surface area contributed by atoms with Crippen molar-refractivity contribution in [1.29, 1.82) is 0 Å². The molecule has 106 valence electrons. The van der Waals surface area contributed by atoms with Crippen molar-refractivity contribution in [2.24, 2.45) is 0 Å². The first-order valence-corrected chi connectivity index (χ1v) is 7.38. The van der Waals surface area contributed by atoms with E-state index in [0.717, 1.165) is 24.3 Å². The number of halogens is 1. The van der Waals surface area contributed by atoms with E-state index in [4.69, 9.17) is 16.7 Å². The molecule has 1 aliphatic rings. The van der Waals surface area contributed by atoms with E-state index in [2.05, 4.69) is 23.8 Å². The normalized spacial score (nSPS) is 19.9. The molecule has 1 aliphatic heterocycles. The van der Waals surface area contributed by atoms with E-state index in [9.17, 15) is 0 Å². The highest BCUT2D eigenvalue weighted by molar-refractivity contribution is 6.31. The minimum absolute atomic E-state index is 0.00490. The number of aliphatic hydroxyl groups is 1. The SMILES string of the molecule is CCN1CCCC1CN(C)c1ccc(CO)c(Cl)c1. The van der Waals surface area contributed by atoms with Crippen molar-refractivity contribution < 1.29 is 5.11 Å². The summed E-state index contributed by atoms with van der Waals surface area (Å²) in [6, 6.07) is 6.52. The molecule has 1 aromatic carbocycles. The Morgan fingerprint density at radius 3 is 2.89 bits per heavy atom. The molecule has 3 nitrogen and oxygen atoms in total. The van der Waals surface area contributed by atoms with Crippen molar-refractivity contribution in [2.75, 3.05) is 31.6 Å². The molecule has 0 aliphatic carbocycles. The summed E-state index contributed by atoms with van der Waals surface area (Å²) in [7, 11) is 2.11. The molecule has 2 rings (SSSR count). The van der Waals surface area contributed by atoms with Gasteiger partial charge in [-0.3, -0.25) is 4.90 Å². The van der Waals surface area contributed by atoms with E-state index < -0.39 is 0 Å². The molecule has 0 radical (unpaired) electrons. The van der Waals surface area contributed by atoms with Crippen molar-refractivity contribution in [3.8, 4) is 0 Å². The molecular formula is C15H23ClN2O. The van der Waals surface area contributed by atoms with Gasteiger partial charge in [0.2, 0.25) is 0 Å².